The van der Waals surface area contributed by atoms with E-state index in [9.17, 15) is 0 Å². The first kappa shape index (κ1) is 21.7. The van der Waals surface area contributed by atoms with E-state index in [1.54, 1.807) is 24.4 Å². The largest absolute Gasteiger partial charge is 0.370 e. The van der Waals surface area contributed by atoms with E-state index in [4.69, 9.17) is 28.5 Å². The zero-order valence-electron chi connectivity index (χ0n) is 15.9. The number of aliphatic imine (C=N–C) groups is 1. The number of nitriles is 1. The van der Waals surface area contributed by atoms with Gasteiger partial charge in [-0.3, -0.25) is 5.32 Å². The van der Waals surface area contributed by atoms with Crippen LogP contribution in [0.15, 0.2) is 29.3 Å². The predicted octanol–water partition coefficient (Wildman–Crippen LogP) is 3.82. The van der Waals surface area contributed by atoms with Crippen molar-refractivity contribution in [1.29, 1.82) is 5.26 Å². The molecule has 1 aromatic carbocycles. The zero-order chi connectivity index (χ0) is 20.5. The average Bonchev–Trinajstić information content (AvgIpc) is 2.61. The monoisotopic (exact) mass is 420 g/mol. The lowest BCUT2D eigenvalue weighted by Gasteiger charge is -2.13. The predicted molar refractivity (Wildman–Crippen MR) is 115 cm³/mol. The van der Waals surface area contributed by atoms with Gasteiger partial charge < -0.3 is 15.5 Å². The third-order valence-electron chi connectivity index (χ3n) is 3.52. The van der Waals surface area contributed by atoms with Crippen molar-refractivity contribution in [3.63, 3.8) is 0 Å². The van der Waals surface area contributed by atoms with E-state index >= 15 is 0 Å². The molecule has 0 saturated carbocycles. The van der Waals surface area contributed by atoms with Gasteiger partial charge in [-0.05, 0) is 52.2 Å². The molecule has 0 atom stereocenters. The van der Waals surface area contributed by atoms with Crippen LogP contribution in [0.25, 0.3) is 0 Å². The van der Waals surface area contributed by atoms with Crippen LogP contribution in [0.5, 0.6) is 0 Å². The van der Waals surface area contributed by atoms with Crippen molar-refractivity contribution in [1.82, 2.24) is 14.9 Å². The molecule has 0 fully saturated rings. The van der Waals surface area contributed by atoms with Crippen LogP contribution in [-0.4, -0.2) is 48.0 Å². The molecular weight excluding hydrogens is 399 g/mol. The van der Waals surface area contributed by atoms with Gasteiger partial charge in [0.2, 0.25) is 18.1 Å². The molecule has 0 aliphatic heterocycles. The van der Waals surface area contributed by atoms with E-state index in [0.717, 1.165) is 25.2 Å². The van der Waals surface area contributed by atoms with Crippen LogP contribution in [0.4, 0.5) is 17.5 Å². The van der Waals surface area contributed by atoms with E-state index in [1.165, 1.54) is 0 Å². The lowest BCUT2D eigenvalue weighted by atomic mass is 10.3. The highest BCUT2D eigenvalue weighted by atomic mass is 35.5. The minimum atomic E-state index is 0.171. The van der Waals surface area contributed by atoms with Crippen molar-refractivity contribution in [2.75, 3.05) is 43.1 Å². The molecule has 1 heterocycles. The summed E-state index contributed by atoms with van der Waals surface area (Å²) in [6.45, 7) is 3.63. The van der Waals surface area contributed by atoms with E-state index in [1.807, 2.05) is 27.1 Å². The normalized spacial score (nSPS) is 11.2. The molecular formula is C18H22Cl2N8. The van der Waals surface area contributed by atoms with E-state index in [-0.39, 0.29) is 5.96 Å². The van der Waals surface area contributed by atoms with Gasteiger partial charge in [-0.25, -0.2) is 4.98 Å². The molecule has 0 aliphatic rings. The Hall–Kier alpha value is -2.60. The first-order chi connectivity index (χ1) is 13.4. The molecule has 0 unspecified atom stereocenters. The molecule has 3 N–H and O–H groups in total. The highest BCUT2D eigenvalue weighted by Gasteiger charge is 2.08. The second-order valence-corrected chi connectivity index (χ2v) is 7.06. The number of nitrogens with zero attached hydrogens (tertiary/aromatic N) is 5. The maximum atomic E-state index is 8.97. The molecule has 0 spiro atoms. The summed E-state index contributed by atoms with van der Waals surface area (Å²) in [6, 6.07) is 6.86. The average molecular weight is 421 g/mol. The Bertz CT molecular complexity index is 876. The molecule has 10 heteroatoms. The Morgan fingerprint density at radius 2 is 1.96 bits per heavy atom. The van der Waals surface area contributed by atoms with E-state index in [0.29, 0.717) is 27.5 Å². The number of anilines is 3. The van der Waals surface area contributed by atoms with Crippen LogP contribution in [-0.2, 0) is 0 Å². The highest BCUT2D eigenvalue weighted by molar-refractivity contribution is 6.42. The van der Waals surface area contributed by atoms with Crippen molar-refractivity contribution in [2.24, 2.45) is 4.99 Å². The highest BCUT2D eigenvalue weighted by Crippen LogP contribution is 2.25. The van der Waals surface area contributed by atoms with Crippen LogP contribution in [0.3, 0.4) is 0 Å². The first-order valence-corrected chi connectivity index (χ1v) is 9.33. The number of hydrogen-bond acceptors (Lipinski definition) is 6. The molecule has 0 aliphatic carbocycles. The summed E-state index contributed by atoms with van der Waals surface area (Å²) in [5.74, 6) is 1.18. The number of rotatable bonds is 7. The number of guanidine groups is 1. The Labute approximate surface area is 174 Å². The fraction of sp³-hybridized carbons (Fsp3) is 0.333. The molecule has 0 amide bonds. The third kappa shape index (κ3) is 7.19. The topological polar surface area (TPSA) is 101 Å². The zero-order valence-corrected chi connectivity index (χ0v) is 17.4. The minimum Gasteiger partial charge on any atom is -0.370 e. The van der Waals surface area contributed by atoms with Crippen molar-refractivity contribution >= 4 is 46.6 Å². The van der Waals surface area contributed by atoms with Gasteiger partial charge in [0.1, 0.15) is 5.82 Å². The van der Waals surface area contributed by atoms with Crippen LogP contribution in [0.1, 0.15) is 12.1 Å². The molecule has 28 heavy (non-hydrogen) atoms. The molecule has 0 bridgehead atoms. The molecule has 2 aromatic rings. The second kappa shape index (κ2) is 10.7. The van der Waals surface area contributed by atoms with Gasteiger partial charge in [-0.2, -0.15) is 10.2 Å². The molecule has 0 saturated heterocycles. The summed E-state index contributed by atoms with van der Waals surface area (Å²) in [6.07, 6.45) is 2.73. The van der Waals surface area contributed by atoms with Gasteiger partial charge in [0.05, 0.1) is 10.0 Å². The fourth-order valence-electron chi connectivity index (χ4n) is 2.28. The quantitative estimate of drug-likeness (QED) is 0.270. The number of aromatic nitrogens is 2. The third-order valence-corrected chi connectivity index (χ3v) is 4.26. The van der Waals surface area contributed by atoms with Gasteiger partial charge >= 0.3 is 0 Å². The summed E-state index contributed by atoms with van der Waals surface area (Å²) < 4.78 is 0. The lowest BCUT2D eigenvalue weighted by Crippen LogP contribution is -2.23. The van der Waals surface area contributed by atoms with Gasteiger partial charge in [-0.15, -0.1) is 4.99 Å². The van der Waals surface area contributed by atoms with Gasteiger partial charge in [-0.1, -0.05) is 23.2 Å². The molecule has 148 valence electrons. The standard InChI is InChI=1S/C18H22Cl2N8/c1-12-9-16(22-7-4-8-28(2)3)26-18(24-12)27-17(23-11-21)25-13-5-6-14(19)15(20)10-13/h5-6,9-10H,4,7-8H2,1-3H3,(H3,22,23,24,25,26,27). The Balaban J connectivity index is 2.08. The Morgan fingerprint density at radius 3 is 2.64 bits per heavy atom. The van der Waals surface area contributed by atoms with Crippen molar-refractivity contribution < 1.29 is 0 Å². The van der Waals surface area contributed by atoms with Crippen LogP contribution in [0.2, 0.25) is 10.0 Å². The van der Waals surface area contributed by atoms with Gasteiger partial charge in [0.25, 0.3) is 0 Å². The minimum absolute atomic E-state index is 0.171. The maximum Gasteiger partial charge on any atom is 0.231 e. The van der Waals surface area contributed by atoms with Crippen molar-refractivity contribution in [3.8, 4) is 6.19 Å². The molecule has 1 aromatic heterocycles. The molecule has 8 nitrogen and oxygen atoms in total. The summed E-state index contributed by atoms with van der Waals surface area (Å²) in [5.41, 5.74) is 1.39. The van der Waals surface area contributed by atoms with Gasteiger partial charge in [0, 0.05) is 24.0 Å². The van der Waals surface area contributed by atoms with E-state index < -0.39 is 0 Å². The summed E-state index contributed by atoms with van der Waals surface area (Å²) in [7, 11) is 4.07. The number of halogens is 2. The second-order valence-electron chi connectivity index (χ2n) is 6.24. The maximum absolute atomic E-state index is 8.97. The summed E-state index contributed by atoms with van der Waals surface area (Å²) in [4.78, 5) is 14.6. The van der Waals surface area contributed by atoms with Crippen LogP contribution in [0, 0.1) is 18.4 Å². The number of hydrogen-bond donors (Lipinski definition) is 3. The van der Waals surface area contributed by atoms with Crippen LogP contribution < -0.4 is 16.0 Å². The number of nitrogens with one attached hydrogen (secondary N) is 3. The SMILES string of the molecule is Cc1cc(NCCCN(C)C)nc(N/C(=N/C#N)Nc2ccc(Cl)c(Cl)c2)n1. The molecule has 2 rings (SSSR count). The molecule has 0 radical (unpaired) electrons. The summed E-state index contributed by atoms with van der Waals surface area (Å²) in [5, 5.41) is 19.0. The van der Waals surface area contributed by atoms with Crippen LogP contribution >= 0.6 is 23.2 Å². The number of benzene rings is 1. The smallest absolute Gasteiger partial charge is 0.231 e. The Morgan fingerprint density at radius 1 is 1.18 bits per heavy atom. The fourth-order valence-corrected chi connectivity index (χ4v) is 2.58. The van der Waals surface area contributed by atoms with Gasteiger partial charge in [0.15, 0.2) is 0 Å². The lowest BCUT2D eigenvalue weighted by molar-refractivity contribution is 0.405. The van der Waals surface area contributed by atoms with E-state index in [2.05, 4.69) is 35.8 Å². The van der Waals surface area contributed by atoms with Crippen molar-refractivity contribution in [2.45, 2.75) is 13.3 Å². The summed E-state index contributed by atoms with van der Waals surface area (Å²) >= 11 is 11.9. The first-order valence-electron chi connectivity index (χ1n) is 8.57. The number of aryl methyl sites for hydroxylation is 1. The van der Waals surface area contributed by atoms with Crippen molar-refractivity contribution in [3.05, 3.63) is 40.0 Å². The Kier molecular flexibility index (Phi) is 8.26.